The number of hydrogen-bond acceptors (Lipinski definition) is 4. The van der Waals surface area contributed by atoms with Gasteiger partial charge in [0.1, 0.15) is 0 Å². The Kier molecular flexibility index (Phi) is 6.38. The van der Waals surface area contributed by atoms with Gasteiger partial charge >= 0.3 is 6.03 Å². The minimum absolute atomic E-state index is 0.0399. The van der Waals surface area contributed by atoms with Crippen LogP contribution in [0.2, 0.25) is 0 Å². The van der Waals surface area contributed by atoms with Crippen LogP contribution < -0.4 is 15.4 Å². The Bertz CT molecular complexity index is 664. The maximum atomic E-state index is 12.4. The molecule has 0 bridgehead atoms. The lowest BCUT2D eigenvalue weighted by molar-refractivity contribution is 0.209. The molecular formula is C18H27N5O2. The van der Waals surface area contributed by atoms with E-state index in [-0.39, 0.29) is 17.5 Å². The number of amides is 2. The Labute approximate surface area is 148 Å². The first kappa shape index (κ1) is 18.8. The van der Waals surface area contributed by atoms with Crippen LogP contribution in [0.25, 0.3) is 0 Å². The molecule has 2 amide bonds. The zero-order valence-corrected chi connectivity index (χ0v) is 15.3. The highest BCUT2D eigenvalue weighted by Crippen LogP contribution is 2.21. The molecule has 2 rings (SSSR count). The highest BCUT2D eigenvalue weighted by molar-refractivity contribution is 5.74. The van der Waals surface area contributed by atoms with E-state index >= 15 is 0 Å². The van der Waals surface area contributed by atoms with E-state index in [4.69, 9.17) is 4.74 Å². The second-order valence-corrected chi connectivity index (χ2v) is 6.91. The van der Waals surface area contributed by atoms with E-state index < -0.39 is 0 Å². The van der Waals surface area contributed by atoms with Gasteiger partial charge in [0, 0.05) is 37.2 Å². The van der Waals surface area contributed by atoms with E-state index in [1.165, 1.54) is 0 Å². The number of nitrogens with one attached hydrogen (secondary N) is 2. The summed E-state index contributed by atoms with van der Waals surface area (Å²) < 4.78 is 7.44. The van der Waals surface area contributed by atoms with Crippen molar-refractivity contribution < 1.29 is 9.53 Å². The average Bonchev–Trinajstić information content (AvgIpc) is 3.06. The summed E-state index contributed by atoms with van der Waals surface area (Å²) in [6.07, 6.45) is 7.05. The summed E-state index contributed by atoms with van der Waals surface area (Å²) in [6, 6.07) is 3.47. The van der Waals surface area contributed by atoms with Crippen molar-refractivity contribution in [2.75, 3.05) is 6.61 Å². The van der Waals surface area contributed by atoms with Gasteiger partial charge in [0.15, 0.2) is 0 Å². The molecule has 0 spiro atoms. The second-order valence-electron chi connectivity index (χ2n) is 6.91. The number of ether oxygens (including phenoxy) is 1. The molecule has 0 radical (unpaired) electrons. The number of urea groups is 1. The predicted molar refractivity (Wildman–Crippen MR) is 96.2 cm³/mol. The maximum absolute atomic E-state index is 12.4. The molecule has 7 heteroatoms. The van der Waals surface area contributed by atoms with Crippen LogP contribution in [0.1, 0.15) is 33.3 Å². The number of nitrogens with zero attached hydrogens (tertiary/aromatic N) is 3. The van der Waals surface area contributed by atoms with Gasteiger partial charge in [-0.2, -0.15) is 0 Å². The molecule has 0 aromatic carbocycles. The van der Waals surface area contributed by atoms with Crippen molar-refractivity contribution >= 4 is 6.03 Å². The van der Waals surface area contributed by atoms with E-state index in [0.717, 1.165) is 5.56 Å². The third kappa shape index (κ3) is 5.77. The van der Waals surface area contributed by atoms with Gasteiger partial charge in [0.2, 0.25) is 5.88 Å². The Morgan fingerprint density at radius 2 is 2.16 bits per heavy atom. The van der Waals surface area contributed by atoms with Crippen LogP contribution in [-0.4, -0.2) is 33.2 Å². The predicted octanol–water partition coefficient (Wildman–Crippen LogP) is 2.59. The number of carbonyl (C=O) groups excluding carboxylic acids is 1. The molecule has 0 aliphatic heterocycles. The number of imidazole rings is 1. The van der Waals surface area contributed by atoms with Crippen LogP contribution >= 0.6 is 0 Å². The Hall–Kier alpha value is -2.57. The van der Waals surface area contributed by atoms with Crippen LogP contribution in [0.5, 0.6) is 5.88 Å². The van der Waals surface area contributed by atoms with E-state index in [0.29, 0.717) is 25.6 Å². The molecule has 2 aromatic heterocycles. The first-order chi connectivity index (χ1) is 11.9. The average molecular weight is 345 g/mol. The monoisotopic (exact) mass is 345 g/mol. The Balaban J connectivity index is 1.95. The smallest absolute Gasteiger partial charge is 0.315 e. The first-order valence-electron chi connectivity index (χ1n) is 8.47. The van der Waals surface area contributed by atoms with E-state index in [1.807, 2.05) is 29.8 Å². The minimum Gasteiger partial charge on any atom is -0.478 e. The molecule has 2 N–H and O–H groups in total. The highest BCUT2D eigenvalue weighted by Gasteiger charge is 2.26. The van der Waals surface area contributed by atoms with Gasteiger partial charge in [-0.3, -0.25) is 0 Å². The zero-order chi connectivity index (χ0) is 18.3. The summed E-state index contributed by atoms with van der Waals surface area (Å²) in [5.41, 5.74) is 0.758. The molecule has 7 nitrogen and oxygen atoms in total. The fourth-order valence-corrected chi connectivity index (χ4v) is 2.35. The maximum Gasteiger partial charge on any atom is 0.315 e. The molecule has 25 heavy (non-hydrogen) atoms. The molecule has 2 heterocycles. The fourth-order valence-electron chi connectivity index (χ4n) is 2.35. The van der Waals surface area contributed by atoms with Gasteiger partial charge in [-0.25, -0.2) is 14.8 Å². The van der Waals surface area contributed by atoms with Crippen molar-refractivity contribution in [3.05, 3.63) is 42.6 Å². The standard InChI is InChI=1S/C18H27N5O2/c1-5-25-16-14(7-6-8-20-16)11-21-17(24)22-15(18(2,3)4)12-23-10-9-19-13-23/h6-10,13,15H,5,11-12H2,1-4H3,(H2,21,22,24)/t15-/m0/s1. The number of aromatic nitrogens is 3. The summed E-state index contributed by atoms with van der Waals surface area (Å²) >= 11 is 0. The van der Waals surface area contributed by atoms with Crippen LogP contribution in [-0.2, 0) is 13.1 Å². The number of carbonyl (C=O) groups is 1. The fraction of sp³-hybridized carbons (Fsp3) is 0.500. The molecule has 0 fully saturated rings. The molecule has 0 saturated carbocycles. The molecule has 0 aliphatic carbocycles. The largest absolute Gasteiger partial charge is 0.478 e. The highest BCUT2D eigenvalue weighted by atomic mass is 16.5. The first-order valence-corrected chi connectivity index (χ1v) is 8.47. The third-order valence-corrected chi connectivity index (χ3v) is 3.87. The van der Waals surface area contributed by atoms with E-state index in [2.05, 4.69) is 41.4 Å². The van der Waals surface area contributed by atoms with Crippen molar-refractivity contribution in [1.82, 2.24) is 25.2 Å². The molecule has 2 aromatic rings. The number of hydrogen-bond donors (Lipinski definition) is 2. The van der Waals surface area contributed by atoms with Gasteiger partial charge in [-0.05, 0) is 18.4 Å². The lowest BCUT2D eigenvalue weighted by atomic mass is 9.86. The molecule has 0 saturated heterocycles. The molecule has 0 unspecified atom stereocenters. The minimum atomic E-state index is -0.216. The van der Waals surface area contributed by atoms with Crippen molar-refractivity contribution in [3.8, 4) is 5.88 Å². The Morgan fingerprint density at radius 3 is 2.80 bits per heavy atom. The number of pyridine rings is 1. The van der Waals surface area contributed by atoms with Gasteiger partial charge in [0.25, 0.3) is 0 Å². The summed E-state index contributed by atoms with van der Waals surface area (Å²) in [5.74, 6) is 0.552. The van der Waals surface area contributed by atoms with Crippen LogP contribution in [0.4, 0.5) is 4.79 Å². The number of rotatable bonds is 7. The second kappa shape index (κ2) is 8.50. The summed E-state index contributed by atoms with van der Waals surface area (Å²) in [7, 11) is 0. The lowest BCUT2D eigenvalue weighted by Crippen LogP contribution is -2.49. The molecule has 136 valence electrons. The summed E-state index contributed by atoms with van der Waals surface area (Å²) in [5, 5.41) is 5.94. The quantitative estimate of drug-likeness (QED) is 0.808. The summed E-state index contributed by atoms with van der Waals surface area (Å²) in [4.78, 5) is 20.6. The van der Waals surface area contributed by atoms with Crippen molar-refractivity contribution in [3.63, 3.8) is 0 Å². The van der Waals surface area contributed by atoms with Crippen LogP contribution in [0, 0.1) is 5.41 Å². The molecule has 1 atom stereocenters. The third-order valence-electron chi connectivity index (χ3n) is 3.87. The van der Waals surface area contributed by atoms with Crippen molar-refractivity contribution in [2.24, 2.45) is 5.41 Å². The van der Waals surface area contributed by atoms with Gasteiger partial charge < -0.3 is 19.9 Å². The van der Waals surface area contributed by atoms with Crippen LogP contribution in [0.3, 0.4) is 0 Å². The van der Waals surface area contributed by atoms with Gasteiger partial charge in [-0.1, -0.05) is 26.8 Å². The normalized spacial score (nSPS) is 12.5. The topological polar surface area (TPSA) is 81.1 Å². The lowest BCUT2D eigenvalue weighted by Gasteiger charge is -2.31. The van der Waals surface area contributed by atoms with Gasteiger partial charge in [0.05, 0.1) is 19.0 Å². The Morgan fingerprint density at radius 1 is 1.36 bits per heavy atom. The van der Waals surface area contributed by atoms with E-state index in [9.17, 15) is 4.79 Å². The molecular weight excluding hydrogens is 318 g/mol. The van der Waals surface area contributed by atoms with Crippen molar-refractivity contribution in [2.45, 2.75) is 46.8 Å². The van der Waals surface area contributed by atoms with Crippen LogP contribution in [0.15, 0.2) is 37.1 Å². The molecule has 0 aliphatic rings. The SMILES string of the molecule is CCOc1ncccc1CNC(=O)N[C@@H](Cn1ccnc1)C(C)(C)C. The van der Waals surface area contributed by atoms with E-state index in [1.54, 1.807) is 18.7 Å². The van der Waals surface area contributed by atoms with Crippen molar-refractivity contribution in [1.29, 1.82) is 0 Å². The summed E-state index contributed by atoms with van der Waals surface area (Å²) in [6.45, 7) is 9.76. The zero-order valence-electron chi connectivity index (χ0n) is 15.3. The van der Waals surface area contributed by atoms with Gasteiger partial charge in [-0.15, -0.1) is 0 Å².